The van der Waals surface area contributed by atoms with Crippen molar-refractivity contribution in [3.8, 4) is 0 Å². The molecule has 0 saturated carbocycles. The van der Waals surface area contributed by atoms with Crippen LogP contribution in [0.25, 0.3) is 0 Å². The molecule has 0 fully saturated rings. The molecule has 0 spiro atoms. The summed E-state index contributed by atoms with van der Waals surface area (Å²) < 4.78 is 24.9. The zero-order chi connectivity index (χ0) is 19.3. The van der Waals surface area contributed by atoms with Gasteiger partial charge in [0.1, 0.15) is 0 Å². The molecule has 0 bridgehead atoms. The van der Waals surface area contributed by atoms with Crippen LogP contribution in [0, 0.1) is 13.8 Å². The van der Waals surface area contributed by atoms with Gasteiger partial charge < -0.3 is 10.2 Å². The Kier molecular flexibility index (Phi) is 7.70. The molecule has 2 unspecified atom stereocenters. The van der Waals surface area contributed by atoms with Crippen molar-refractivity contribution in [1.82, 2.24) is 0 Å². The summed E-state index contributed by atoms with van der Waals surface area (Å²) in [5.41, 5.74) is 2.15. The largest absolute Gasteiger partial charge is 0.392 e. The van der Waals surface area contributed by atoms with Crippen molar-refractivity contribution in [2.45, 2.75) is 54.4 Å². The molecule has 0 aliphatic rings. The van der Waals surface area contributed by atoms with Gasteiger partial charge in [-0.2, -0.15) is 0 Å². The fraction of sp³-hybridized carbons (Fsp3) is 0.400. The number of hydrogen-bond donors (Lipinski definition) is 2. The maximum atomic E-state index is 12.6. The van der Waals surface area contributed by atoms with Gasteiger partial charge in [-0.1, -0.05) is 35.4 Å². The topological polar surface area (TPSA) is 74.6 Å². The fourth-order valence-electron chi connectivity index (χ4n) is 2.53. The minimum absolute atomic E-state index is 0.0381. The lowest BCUT2D eigenvalue weighted by atomic mass is 10.1. The van der Waals surface area contributed by atoms with Crippen LogP contribution >= 0.6 is 0 Å². The normalized spacial score (nSPS) is 17.3. The van der Waals surface area contributed by atoms with Gasteiger partial charge in [0.05, 0.1) is 44.8 Å². The molecule has 0 aromatic heterocycles. The van der Waals surface area contributed by atoms with E-state index in [-0.39, 0.29) is 12.2 Å². The summed E-state index contributed by atoms with van der Waals surface area (Å²) in [6.45, 7) is 5.60. The zero-order valence-electron chi connectivity index (χ0n) is 15.3. The Morgan fingerprint density at radius 1 is 0.846 bits per heavy atom. The Balaban J connectivity index is 1.91. The third kappa shape index (κ3) is 5.84. The third-order valence-electron chi connectivity index (χ3n) is 4.27. The first-order valence-electron chi connectivity index (χ1n) is 8.56. The number of hydrogen-bond acceptors (Lipinski definition) is 4. The molecule has 0 aliphatic heterocycles. The van der Waals surface area contributed by atoms with Gasteiger partial charge in [0.15, 0.2) is 0 Å². The summed E-state index contributed by atoms with van der Waals surface area (Å²) in [4.78, 5) is 1.31. The SMILES string of the molecule is Cc1ccc(S(=O)C[C@@H](O)C[C@H](O)[C@H](C)S(=O)c2ccc(C)cc2)cc1. The molecular formula is C20H26O4S2. The molecule has 5 atom stereocenters. The third-order valence-corrected chi connectivity index (χ3v) is 7.49. The molecule has 0 heterocycles. The standard InChI is InChI=1S/C20H26O4S2/c1-14-4-8-18(9-5-14)25(23)13-17(21)12-20(22)16(3)26(24)19-10-6-15(2)7-11-19/h4-11,16-17,20-22H,12-13H2,1-3H3/t16-,17-,20-,25?,26?/m0/s1. The monoisotopic (exact) mass is 394 g/mol. The summed E-state index contributed by atoms with van der Waals surface area (Å²) in [5.74, 6) is 0.0456. The molecule has 2 aromatic carbocycles. The van der Waals surface area contributed by atoms with Gasteiger partial charge in [-0.3, -0.25) is 8.42 Å². The van der Waals surface area contributed by atoms with E-state index >= 15 is 0 Å². The number of rotatable bonds is 8. The lowest BCUT2D eigenvalue weighted by molar-refractivity contribution is 0.0927. The maximum absolute atomic E-state index is 12.6. The molecule has 2 N–H and O–H groups in total. The van der Waals surface area contributed by atoms with Crippen LogP contribution in [0.3, 0.4) is 0 Å². The first-order valence-corrected chi connectivity index (χ1v) is 11.1. The first-order chi connectivity index (χ1) is 12.3. The summed E-state index contributed by atoms with van der Waals surface area (Å²) in [6, 6.07) is 14.7. The van der Waals surface area contributed by atoms with Crippen molar-refractivity contribution in [3.05, 3.63) is 59.7 Å². The summed E-state index contributed by atoms with van der Waals surface area (Å²) in [6.07, 6.45) is -1.83. The van der Waals surface area contributed by atoms with E-state index < -0.39 is 39.1 Å². The summed E-state index contributed by atoms with van der Waals surface area (Å²) >= 11 is 0. The van der Waals surface area contributed by atoms with E-state index in [4.69, 9.17) is 0 Å². The van der Waals surface area contributed by atoms with Crippen LogP contribution in [0.2, 0.25) is 0 Å². The Bertz CT molecular complexity index is 756. The zero-order valence-corrected chi connectivity index (χ0v) is 16.9. The molecule has 4 nitrogen and oxygen atoms in total. The van der Waals surface area contributed by atoms with Crippen molar-refractivity contribution in [2.24, 2.45) is 0 Å². The van der Waals surface area contributed by atoms with Crippen LogP contribution in [-0.4, -0.2) is 41.8 Å². The van der Waals surface area contributed by atoms with E-state index in [1.165, 1.54) is 0 Å². The van der Waals surface area contributed by atoms with Gasteiger partial charge in [-0.25, -0.2) is 0 Å². The number of benzene rings is 2. The molecule has 2 rings (SSSR count). The van der Waals surface area contributed by atoms with Crippen LogP contribution in [0.5, 0.6) is 0 Å². The van der Waals surface area contributed by atoms with Crippen LogP contribution < -0.4 is 0 Å². The van der Waals surface area contributed by atoms with Crippen LogP contribution in [0.15, 0.2) is 58.3 Å². The maximum Gasteiger partial charge on any atom is 0.0709 e. The van der Waals surface area contributed by atoms with E-state index in [2.05, 4.69) is 0 Å². The highest BCUT2D eigenvalue weighted by atomic mass is 32.2. The number of aliphatic hydroxyl groups excluding tert-OH is 2. The van der Waals surface area contributed by atoms with E-state index in [9.17, 15) is 18.6 Å². The van der Waals surface area contributed by atoms with Crippen molar-refractivity contribution < 1.29 is 18.6 Å². The second-order valence-corrected chi connectivity index (χ2v) is 9.90. The van der Waals surface area contributed by atoms with Gasteiger partial charge in [0.2, 0.25) is 0 Å². The molecule has 6 heteroatoms. The Morgan fingerprint density at radius 3 is 1.81 bits per heavy atom. The molecule has 26 heavy (non-hydrogen) atoms. The Labute approximate surface area is 160 Å². The highest BCUT2D eigenvalue weighted by Crippen LogP contribution is 2.18. The van der Waals surface area contributed by atoms with Crippen molar-refractivity contribution in [3.63, 3.8) is 0 Å². The lowest BCUT2D eigenvalue weighted by Gasteiger charge is -2.21. The van der Waals surface area contributed by atoms with Crippen molar-refractivity contribution in [2.75, 3.05) is 5.75 Å². The first kappa shape index (κ1) is 21.0. The second kappa shape index (κ2) is 9.55. The highest BCUT2D eigenvalue weighted by Gasteiger charge is 2.25. The molecule has 0 amide bonds. The summed E-state index contributed by atoms with van der Waals surface area (Å²) in [5, 5.41) is 20.0. The van der Waals surface area contributed by atoms with Crippen molar-refractivity contribution in [1.29, 1.82) is 0 Å². The van der Waals surface area contributed by atoms with E-state index in [0.29, 0.717) is 9.79 Å². The number of aryl methyl sites for hydroxylation is 2. The van der Waals surface area contributed by atoms with Crippen molar-refractivity contribution >= 4 is 21.6 Å². The van der Waals surface area contributed by atoms with E-state index in [1.807, 2.05) is 38.1 Å². The van der Waals surface area contributed by atoms with Gasteiger partial charge in [-0.05, 0) is 45.0 Å². The van der Waals surface area contributed by atoms with Gasteiger partial charge in [0, 0.05) is 16.2 Å². The van der Waals surface area contributed by atoms with Crippen LogP contribution in [-0.2, 0) is 21.6 Å². The average Bonchev–Trinajstić information content (AvgIpc) is 2.61. The smallest absolute Gasteiger partial charge is 0.0709 e. The molecule has 142 valence electrons. The second-order valence-electron chi connectivity index (χ2n) is 6.60. The molecule has 2 aromatic rings. The number of aliphatic hydroxyl groups is 2. The predicted molar refractivity (Wildman–Crippen MR) is 106 cm³/mol. The molecular weight excluding hydrogens is 368 g/mol. The minimum Gasteiger partial charge on any atom is -0.392 e. The van der Waals surface area contributed by atoms with E-state index in [0.717, 1.165) is 11.1 Å². The van der Waals surface area contributed by atoms with Crippen LogP contribution in [0.4, 0.5) is 0 Å². The average molecular weight is 395 g/mol. The van der Waals surface area contributed by atoms with Gasteiger partial charge in [0.25, 0.3) is 0 Å². The molecule has 0 radical (unpaired) electrons. The fourth-order valence-corrected chi connectivity index (χ4v) is 4.88. The lowest BCUT2D eigenvalue weighted by Crippen LogP contribution is -2.33. The molecule has 0 saturated heterocycles. The minimum atomic E-state index is -1.37. The summed E-state index contributed by atoms with van der Waals surface area (Å²) in [7, 11) is -2.71. The highest BCUT2D eigenvalue weighted by molar-refractivity contribution is 7.85. The van der Waals surface area contributed by atoms with Crippen LogP contribution in [0.1, 0.15) is 24.5 Å². The molecule has 0 aliphatic carbocycles. The Hall–Kier alpha value is -1.34. The Morgan fingerprint density at radius 2 is 1.31 bits per heavy atom. The predicted octanol–water partition coefficient (Wildman–Crippen LogP) is 2.72. The van der Waals surface area contributed by atoms with Gasteiger partial charge >= 0.3 is 0 Å². The van der Waals surface area contributed by atoms with Gasteiger partial charge in [-0.15, -0.1) is 0 Å². The van der Waals surface area contributed by atoms with E-state index in [1.54, 1.807) is 31.2 Å². The quantitative estimate of drug-likeness (QED) is 0.722.